The molecule has 0 spiro atoms. The topological polar surface area (TPSA) is 66.8 Å². The summed E-state index contributed by atoms with van der Waals surface area (Å²) in [5.41, 5.74) is 1.45. The number of ether oxygens (including phenoxy) is 1. The fraction of sp³-hybridized carbons (Fsp3) is 0.0833. The molecule has 31 heavy (non-hydrogen) atoms. The van der Waals surface area contributed by atoms with Crippen molar-refractivity contribution >= 4 is 40.6 Å². The number of aliphatic hydroxyl groups excluding tert-OH is 1. The lowest BCUT2D eigenvalue weighted by atomic mass is 9.92. The highest BCUT2D eigenvalue weighted by molar-refractivity contribution is 6.31. The highest BCUT2D eigenvalue weighted by Gasteiger charge is 2.44. The Balaban J connectivity index is 1.85. The molecular formula is C24H17Cl2NO4. The van der Waals surface area contributed by atoms with Gasteiger partial charge >= 0.3 is 0 Å². The number of benzene rings is 3. The minimum Gasteiger partial charge on any atom is -0.503 e. The van der Waals surface area contributed by atoms with Gasteiger partial charge in [0.1, 0.15) is 5.75 Å². The Hall–Kier alpha value is -3.28. The molecule has 1 heterocycles. The van der Waals surface area contributed by atoms with Gasteiger partial charge in [0.15, 0.2) is 11.5 Å². The second kappa shape index (κ2) is 8.46. The molecule has 1 unspecified atom stereocenters. The van der Waals surface area contributed by atoms with Crippen LogP contribution in [0.5, 0.6) is 5.75 Å². The van der Waals surface area contributed by atoms with Crippen LogP contribution < -0.4 is 9.64 Å². The average Bonchev–Trinajstić information content (AvgIpc) is 3.05. The van der Waals surface area contributed by atoms with Gasteiger partial charge in [-0.25, -0.2) is 0 Å². The third-order valence-electron chi connectivity index (χ3n) is 5.10. The molecular weight excluding hydrogens is 437 g/mol. The summed E-state index contributed by atoms with van der Waals surface area (Å²) in [5.74, 6) is -1.09. The molecule has 0 saturated carbocycles. The van der Waals surface area contributed by atoms with Gasteiger partial charge in [0.05, 0.1) is 18.7 Å². The Bertz CT molecular complexity index is 1170. The molecule has 156 valence electrons. The van der Waals surface area contributed by atoms with Crippen LogP contribution in [0.1, 0.15) is 22.0 Å². The third-order valence-corrected chi connectivity index (χ3v) is 5.60. The third kappa shape index (κ3) is 3.90. The molecule has 0 saturated heterocycles. The van der Waals surface area contributed by atoms with Crippen molar-refractivity contribution in [3.8, 4) is 5.75 Å². The van der Waals surface area contributed by atoms with Crippen molar-refractivity contribution in [1.82, 2.24) is 0 Å². The summed E-state index contributed by atoms with van der Waals surface area (Å²) in [6.45, 7) is 0. The van der Waals surface area contributed by atoms with Crippen LogP contribution in [0.4, 0.5) is 5.69 Å². The molecule has 1 N–H and O–H groups in total. The normalized spacial score (nSPS) is 16.0. The molecule has 4 rings (SSSR count). The Morgan fingerprint density at radius 1 is 0.903 bits per heavy atom. The van der Waals surface area contributed by atoms with Crippen molar-refractivity contribution in [3.63, 3.8) is 0 Å². The van der Waals surface area contributed by atoms with E-state index in [0.717, 1.165) is 0 Å². The molecule has 5 nitrogen and oxygen atoms in total. The van der Waals surface area contributed by atoms with Gasteiger partial charge in [0, 0.05) is 21.3 Å². The molecule has 3 aromatic carbocycles. The second-order valence-electron chi connectivity index (χ2n) is 6.93. The maximum Gasteiger partial charge on any atom is 0.294 e. The van der Waals surface area contributed by atoms with Gasteiger partial charge in [-0.1, -0.05) is 35.3 Å². The van der Waals surface area contributed by atoms with E-state index >= 15 is 0 Å². The van der Waals surface area contributed by atoms with Crippen LogP contribution in [0.2, 0.25) is 10.0 Å². The number of rotatable bonds is 5. The van der Waals surface area contributed by atoms with Crippen LogP contribution >= 0.6 is 23.2 Å². The molecule has 0 bridgehead atoms. The zero-order valence-electron chi connectivity index (χ0n) is 16.4. The highest BCUT2D eigenvalue weighted by Crippen LogP contribution is 2.42. The number of Topliss-reactive ketones (excluding diaryl/α,β-unsaturated/α-hetero) is 1. The van der Waals surface area contributed by atoms with Gasteiger partial charge in [-0.05, 0) is 66.2 Å². The first kappa shape index (κ1) is 21.0. The first-order valence-corrected chi connectivity index (χ1v) is 10.1. The molecule has 1 amide bonds. The van der Waals surface area contributed by atoms with Crippen LogP contribution in [0.3, 0.4) is 0 Å². The van der Waals surface area contributed by atoms with E-state index < -0.39 is 23.5 Å². The molecule has 0 aromatic heterocycles. The minimum atomic E-state index is -0.832. The standard InChI is InChI=1S/C24H17Cl2NO4/c1-31-19-12-10-18(11-13-19)27-21(14-2-6-16(25)7-3-14)20(23(29)24(27)30)22(28)15-4-8-17(26)9-5-15/h2-13,21,29H,1H3. The van der Waals surface area contributed by atoms with E-state index in [1.165, 1.54) is 4.90 Å². The number of carbonyl (C=O) groups is 2. The quantitative estimate of drug-likeness (QED) is 0.496. The summed E-state index contributed by atoms with van der Waals surface area (Å²) in [4.78, 5) is 27.8. The number of carbonyl (C=O) groups excluding carboxylic acids is 2. The van der Waals surface area contributed by atoms with Crippen molar-refractivity contribution in [2.75, 3.05) is 12.0 Å². The van der Waals surface area contributed by atoms with Crippen LogP contribution in [-0.4, -0.2) is 23.9 Å². The molecule has 1 aliphatic heterocycles. The zero-order valence-corrected chi connectivity index (χ0v) is 17.9. The number of nitrogens with zero attached hydrogens (tertiary/aromatic N) is 1. The largest absolute Gasteiger partial charge is 0.503 e. The number of amides is 1. The van der Waals surface area contributed by atoms with Gasteiger partial charge in [0.2, 0.25) is 0 Å². The summed E-state index contributed by atoms with van der Waals surface area (Å²) in [6, 6.07) is 19.1. The predicted molar refractivity (Wildman–Crippen MR) is 120 cm³/mol. The Kier molecular flexibility index (Phi) is 5.72. The van der Waals surface area contributed by atoms with E-state index in [1.807, 2.05) is 0 Å². The molecule has 1 atom stereocenters. The molecule has 3 aromatic rings. The van der Waals surface area contributed by atoms with Crippen LogP contribution in [0.15, 0.2) is 84.1 Å². The fourth-order valence-corrected chi connectivity index (χ4v) is 3.82. The van der Waals surface area contributed by atoms with Crippen molar-refractivity contribution in [3.05, 3.63) is 105 Å². The number of aliphatic hydroxyl groups is 1. The van der Waals surface area contributed by atoms with Crippen LogP contribution in [-0.2, 0) is 4.79 Å². The lowest BCUT2D eigenvalue weighted by Gasteiger charge is -2.27. The van der Waals surface area contributed by atoms with Gasteiger partial charge in [-0.2, -0.15) is 0 Å². The van der Waals surface area contributed by atoms with Gasteiger partial charge in [-0.15, -0.1) is 0 Å². The van der Waals surface area contributed by atoms with Crippen LogP contribution in [0, 0.1) is 0 Å². The first-order valence-electron chi connectivity index (χ1n) is 9.37. The lowest BCUT2D eigenvalue weighted by molar-refractivity contribution is -0.117. The zero-order chi connectivity index (χ0) is 22.1. The van der Waals surface area contributed by atoms with Crippen molar-refractivity contribution in [2.24, 2.45) is 0 Å². The smallest absolute Gasteiger partial charge is 0.294 e. The molecule has 0 aliphatic carbocycles. The summed E-state index contributed by atoms with van der Waals surface area (Å²) in [7, 11) is 1.54. The SMILES string of the molecule is COc1ccc(N2C(=O)C(O)=C(C(=O)c3ccc(Cl)cc3)C2c2ccc(Cl)cc2)cc1. The van der Waals surface area contributed by atoms with E-state index in [4.69, 9.17) is 27.9 Å². The van der Waals surface area contributed by atoms with Gasteiger partial charge in [-0.3, -0.25) is 14.5 Å². The van der Waals surface area contributed by atoms with Gasteiger partial charge in [0.25, 0.3) is 5.91 Å². The molecule has 0 radical (unpaired) electrons. The summed E-state index contributed by atoms with van der Waals surface area (Å²) < 4.78 is 5.19. The van der Waals surface area contributed by atoms with E-state index in [0.29, 0.717) is 32.6 Å². The summed E-state index contributed by atoms with van der Waals surface area (Å²) >= 11 is 12.0. The summed E-state index contributed by atoms with van der Waals surface area (Å²) in [5, 5.41) is 11.7. The van der Waals surface area contributed by atoms with E-state index in [-0.39, 0.29) is 5.57 Å². The summed E-state index contributed by atoms with van der Waals surface area (Å²) in [6.07, 6.45) is 0. The first-order chi connectivity index (χ1) is 14.9. The number of ketones is 1. The van der Waals surface area contributed by atoms with Crippen molar-refractivity contribution in [1.29, 1.82) is 0 Å². The number of halogens is 2. The van der Waals surface area contributed by atoms with Crippen molar-refractivity contribution in [2.45, 2.75) is 6.04 Å². The molecule has 7 heteroatoms. The Morgan fingerprint density at radius 3 is 2.00 bits per heavy atom. The van der Waals surface area contributed by atoms with Gasteiger partial charge < -0.3 is 9.84 Å². The Morgan fingerprint density at radius 2 is 1.45 bits per heavy atom. The van der Waals surface area contributed by atoms with E-state index in [9.17, 15) is 14.7 Å². The number of anilines is 1. The lowest BCUT2D eigenvalue weighted by Crippen LogP contribution is -2.31. The van der Waals surface area contributed by atoms with E-state index in [1.54, 1.807) is 79.9 Å². The second-order valence-corrected chi connectivity index (χ2v) is 7.80. The maximum absolute atomic E-state index is 13.4. The minimum absolute atomic E-state index is 0.00883. The highest BCUT2D eigenvalue weighted by atomic mass is 35.5. The monoisotopic (exact) mass is 453 g/mol. The molecule has 1 aliphatic rings. The average molecular weight is 454 g/mol. The number of hydrogen-bond acceptors (Lipinski definition) is 4. The number of methoxy groups -OCH3 is 1. The predicted octanol–water partition coefficient (Wildman–Crippen LogP) is 5.78. The van der Waals surface area contributed by atoms with Crippen LogP contribution in [0.25, 0.3) is 0 Å². The maximum atomic E-state index is 13.4. The fourth-order valence-electron chi connectivity index (χ4n) is 3.56. The van der Waals surface area contributed by atoms with E-state index in [2.05, 4.69) is 0 Å². The van der Waals surface area contributed by atoms with Crippen molar-refractivity contribution < 1.29 is 19.4 Å². The Labute approximate surface area is 189 Å². The number of hydrogen-bond donors (Lipinski definition) is 1. The molecule has 0 fully saturated rings.